The normalized spacial score (nSPS) is 20.8. The summed E-state index contributed by atoms with van der Waals surface area (Å²) in [6.07, 6.45) is 7.72. The van der Waals surface area contributed by atoms with Crippen LogP contribution in [0.15, 0.2) is 23.9 Å². The van der Waals surface area contributed by atoms with Crippen molar-refractivity contribution in [1.82, 2.24) is 10.2 Å². The molecule has 1 aliphatic heterocycles. The molecular formula is C11H20N2. The van der Waals surface area contributed by atoms with E-state index in [2.05, 4.69) is 42.3 Å². The van der Waals surface area contributed by atoms with Crippen molar-refractivity contribution < 1.29 is 0 Å². The van der Waals surface area contributed by atoms with Crippen LogP contribution in [0.4, 0.5) is 0 Å². The highest BCUT2D eigenvalue weighted by Crippen LogP contribution is 2.07. The predicted molar refractivity (Wildman–Crippen MR) is 57.6 cm³/mol. The Balaban J connectivity index is 2.56. The van der Waals surface area contributed by atoms with E-state index in [4.69, 9.17) is 0 Å². The first-order valence-electron chi connectivity index (χ1n) is 5.13. The van der Waals surface area contributed by atoms with E-state index < -0.39 is 0 Å². The molecular weight excluding hydrogens is 160 g/mol. The first kappa shape index (κ1) is 10.3. The summed E-state index contributed by atoms with van der Waals surface area (Å²) in [5.41, 5.74) is 1.35. The molecule has 0 saturated carbocycles. The third-order valence-corrected chi connectivity index (χ3v) is 2.34. The summed E-state index contributed by atoms with van der Waals surface area (Å²) < 4.78 is 0. The highest BCUT2D eigenvalue weighted by molar-refractivity contribution is 5.16. The topological polar surface area (TPSA) is 15.3 Å². The van der Waals surface area contributed by atoms with E-state index in [1.807, 2.05) is 0 Å². The number of rotatable bonds is 2. The van der Waals surface area contributed by atoms with Crippen molar-refractivity contribution in [3.05, 3.63) is 23.9 Å². The minimum Gasteiger partial charge on any atom is -0.370 e. The summed E-state index contributed by atoms with van der Waals surface area (Å²) in [6, 6.07) is 0. The highest BCUT2D eigenvalue weighted by atomic mass is 15.2. The summed E-state index contributed by atoms with van der Waals surface area (Å²) in [7, 11) is 0. The molecule has 0 amide bonds. The molecule has 0 bridgehead atoms. The molecule has 0 spiro atoms. The first-order chi connectivity index (χ1) is 6.38. The average molecular weight is 180 g/mol. The fourth-order valence-electron chi connectivity index (χ4n) is 1.66. The molecule has 2 nitrogen and oxygen atoms in total. The molecule has 0 aromatic heterocycles. The predicted octanol–water partition coefficient (Wildman–Crippen LogP) is 1.76. The van der Waals surface area contributed by atoms with Gasteiger partial charge < -0.3 is 10.2 Å². The molecule has 1 heterocycles. The van der Waals surface area contributed by atoms with Crippen molar-refractivity contribution >= 4 is 0 Å². The maximum atomic E-state index is 3.41. The van der Waals surface area contributed by atoms with Gasteiger partial charge in [-0.15, -0.1) is 0 Å². The maximum absolute atomic E-state index is 3.41. The lowest BCUT2D eigenvalue weighted by Crippen LogP contribution is -2.26. The zero-order chi connectivity index (χ0) is 9.52. The Hall–Kier alpha value is -0.760. The molecule has 2 heteroatoms. The Labute approximate surface area is 81.3 Å². The largest absolute Gasteiger partial charge is 0.370 e. The van der Waals surface area contributed by atoms with E-state index in [1.54, 1.807) is 0 Å². The number of allylic oxidation sites excluding steroid dienone is 3. The molecule has 74 valence electrons. The lowest BCUT2D eigenvalue weighted by Gasteiger charge is -2.23. The summed E-state index contributed by atoms with van der Waals surface area (Å²) >= 11 is 0. The zero-order valence-corrected chi connectivity index (χ0v) is 8.71. The Bertz CT molecular complexity index is 186. The Kier molecular flexibility index (Phi) is 4.61. The summed E-state index contributed by atoms with van der Waals surface area (Å²) in [5, 5.41) is 3.41. The van der Waals surface area contributed by atoms with E-state index in [0.717, 1.165) is 19.6 Å². The van der Waals surface area contributed by atoms with E-state index in [9.17, 15) is 0 Å². The Morgan fingerprint density at radius 1 is 1.23 bits per heavy atom. The molecule has 1 fully saturated rings. The van der Waals surface area contributed by atoms with Crippen LogP contribution >= 0.6 is 0 Å². The monoisotopic (exact) mass is 180 g/mol. The van der Waals surface area contributed by atoms with Crippen LogP contribution in [0.2, 0.25) is 0 Å². The van der Waals surface area contributed by atoms with Gasteiger partial charge in [-0.2, -0.15) is 0 Å². The van der Waals surface area contributed by atoms with Crippen molar-refractivity contribution in [2.24, 2.45) is 0 Å². The summed E-state index contributed by atoms with van der Waals surface area (Å²) in [6.45, 7) is 8.74. The fourth-order valence-corrected chi connectivity index (χ4v) is 1.66. The second kappa shape index (κ2) is 5.81. The summed E-state index contributed by atoms with van der Waals surface area (Å²) in [4.78, 5) is 2.44. The van der Waals surface area contributed by atoms with Gasteiger partial charge in [-0.1, -0.05) is 12.2 Å². The van der Waals surface area contributed by atoms with Crippen LogP contribution in [0.3, 0.4) is 0 Å². The molecule has 0 unspecified atom stereocenters. The van der Waals surface area contributed by atoms with Crippen LogP contribution in [-0.4, -0.2) is 31.1 Å². The average Bonchev–Trinajstić information content (AvgIpc) is 2.42. The molecule has 1 N–H and O–H groups in total. The van der Waals surface area contributed by atoms with E-state index in [0.29, 0.717) is 0 Å². The Morgan fingerprint density at radius 2 is 2.08 bits per heavy atom. The lowest BCUT2D eigenvalue weighted by molar-refractivity contribution is 0.378. The molecule has 1 aliphatic rings. The number of hydrogen-bond acceptors (Lipinski definition) is 2. The van der Waals surface area contributed by atoms with E-state index >= 15 is 0 Å². The number of nitrogens with one attached hydrogen (secondary N) is 1. The van der Waals surface area contributed by atoms with Crippen molar-refractivity contribution in [2.45, 2.75) is 20.3 Å². The van der Waals surface area contributed by atoms with Gasteiger partial charge in [-0.25, -0.2) is 0 Å². The second-order valence-electron chi connectivity index (χ2n) is 3.30. The summed E-state index contributed by atoms with van der Waals surface area (Å²) in [5.74, 6) is 0. The Morgan fingerprint density at radius 3 is 2.77 bits per heavy atom. The minimum atomic E-state index is 1.11. The van der Waals surface area contributed by atoms with Crippen molar-refractivity contribution in [2.75, 3.05) is 26.2 Å². The van der Waals surface area contributed by atoms with Crippen molar-refractivity contribution in [3.8, 4) is 0 Å². The zero-order valence-electron chi connectivity index (χ0n) is 8.71. The number of hydrogen-bond donors (Lipinski definition) is 1. The van der Waals surface area contributed by atoms with Crippen LogP contribution in [-0.2, 0) is 0 Å². The van der Waals surface area contributed by atoms with Gasteiger partial charge in [0.15, 0.2) is 0 Å². The van der Waals surface area contributed by atoms with Gasteiger partial charge in [0.05, 0.1) is 0 Å². The van der Waals surface area contributed by atoms with Crippen LogP contribution in [0.25, 0.3) is 0 Å². The smallest absolute Gasteiger partial charge is 0.0319 e. The SMILES string of the molecule is C/C=C\C(=C/C)N1CCCNCC1. The molecule has 0 radical (unpaired) electrons. The van der Waals surface area contributed by atoms with Crippen LogP contribution in [0.5, 0.6) is 0 Å². The molecule has 0 aliphatic carbocycles. The minimum absolute atomic E-state index is 1.11. The molecule has 0 aromatic rings. The van der Waals surface area contributed by atoms with Gasteiger partial charge in [0.1, 0.15) is 0 Å². The standard InChI is InChI=1S/C11H20N2/c1-3-6-11(4-2)13-9-5-7-12-8-10-13/h3-4,6,12H,5,7-10H2,1-2H3/b6-3-,11-4+. The number of nitrogens with zero attached hydrogens (tertiary/aromatic N) is 1. The van der Waals surface area contributed by atoms with Crippen LogP contribution < -0.4 is 5.32 Å². The third-order valence-electron chi connectivity index (χ3n) is 2.34. The van der Waals surface area contributed by atoms with Crippen LogP contribution in [0.1, 0.15) is 20.3 Å². The molecule has 0 atom stereocenters. The molecule has 1 saturated heterocycles. The van der Waals surface area contributed by atoms with Gasteiger partial charge in [0, 0.05) is 25.3 Å². The lowest BCUT2D eigenvalue weighted by atomic mass is 10.3. The second-order valence-corrected chi connectivity index (χ2v) is 3.30. The van der Waals surface area contributed by atoms with Crippen LogP contribution in [0, 0.1) is 0 Å². The van der Waals surface area contributed by atoms with Gasteiger partial charge in [0.25, 0.3) is 0 Å². The molecule has 0 aromatic carbocycles. The van der Waals surface area contributed by atoms with Gasteiger partial charge in [-0.05, 0) is 32.9 Å². The van der Waals surface area contributed by atoms with Gasteiger partial charge >= 0.3 is 0 Å². The van der Waals surface area contributed by atoms with E-state index in [1.165, 1.54) is 18.7 Å². The third kappa shape index (κ3) is 3.23. The maximum Gasteiger partial charge on any atom is 0.0319 e. The molecule has 1 rings (SSSR count). The van der Waals surface area contributed by atoms with Crippen molar-refractivity contribution in [3.63, 3.8) is 0 Å². The van der Waals surface area contributed by atoms with E-state index in [-0.39, 0.29) is 0 Å². The fraction of sp³-hybridized carbons (Fsp3) is 0.636. The van der Waals surface area contributed by atoms with Gasteiger partial charge in [0.2, 0.25) is 0 Å². The van der Waals surface area contributed by atoms with Gasteiger partial charge in [-0.3, -0.25) is 0 Å². The van der Waals surface area contributed by atoms with Crippen molar-refractivity contribution in [1.29, 1.82) is 0 Å². The quantitative estimate of drug-likeness (QED) is 0.651. The first-order valence-corrected chi connectivity index (χ1v) is 5.13. The molecule has 13 heavy (non-hydrogen) atoms. The highest BCUT2D eigenvalue weighted by Gasteiger charge is 2.08.